The number of aromatic nitrogens is 5. The Morgan fingerprint density at radius 3 is 2.55 bits per heavy atom. The smallest absolute Gasteiger partial charge is 0.242 e. The van der Waals surface area contributed by atoms with Gasteiger partial charge in [-0.3, -0.25) is 9.59 Å². The summed E-state index contributed by atoms with van der Waals surface area (Å²) in [5.41, 5.74) is 2.57. The zero-order valence-electron chi connectivity index (χ0n) is 12.6. The second kappa shape index (κ2) is 6.74. The van der Waals surface area contributed by atoms with Gasteiger partial charge >= 0.3 is 0 Å². The standard InChI is InChI=1S/C13H17N7O2/c1-8-11(9(2)16-7-15-8)4-14-13(22)6-20-5-12(18-19-20)17-10(3)21/h5,7H,4,6H2,1-3H3,(H,14,22)(H,17,21). The molecule has 0 aliphatic carbocycles. The molecule has 9 heteroatoms. The number of hydrogen-bond acceptors (Lipinski definition) is 6. The number of carbonyl (C=O) groups is 2. The monoisotopic (exact) mass is 303 g/mol. The van der Waals surface area contributed by atoms with Crippen molar-refractivity contribution >= 4 is 17.6 Å². The highest BCUT2D eigenvalue weighted by Crippen LogP contribution is 2.07. The molecule has 2 rings (SSSR count). The van der Waals surface area contributed by atoms with Gasteiger partial charge < -0.3 is 10.6 Å². The molecule has 0 fully saturated rings. The minimum atomic E-state index is -0.244. The lowest BCUT2D eigenvalue weighted by Gasteiger charge is -2.09. The van der Waals surface area contributed by atoms with Crippen molar-refractivity contribution in [1.29, 1.82) is 0 Å². The zero-order valence-corrected chi connectivity index (χ0v) is 12.6. The first-order valence-electron chi connectivity index (χ1n) is 6.67. The molecular weight excluding hydrogens is 286 g/mol. The predicted octanol–water partition coefficient (Wildman–Crippen LogP) is -0.0403. The predicted molar refractivity (Wildman–Crippen MR) is 77.7 cm³/mol. The van der Waals surface area contributed by atoms with E-state index in [-0.39, 0.29) is 18.4 Å². The van der Waals surface area contributed by atoms with Crippen LogP contribution in [0.15, 0.2) is 12.5 Å². The molecule has 2 heterocycles. The average Bonchev–Trinajstić information content (AvgIpc) is 2.84. The first-order chi connectivity index (χ1) is 10.5. The summed E-state index contributed by atoms with van der Waals surface area (Å²) in [5.74, 6) is -0.156. The van der Waals surface area contributed by atoms with Gasteiger partial charge in [-0.15, -0.1) is 5.10 Å². The topological polar surface area (TPSA) is 115 Å². The normalized spacial score (nSPS) is 10.3. The van der Waals surface area contributed by atoms with E-state index < -0.39 is 0 Å². The Balaban J connectivity index is 1.90. The van der Waals surface area contributed by atoms with Crippen LogP contribution in [0.5, 0.6) is 0 Å². The number of amides is 2. The van der Waals surface area contributed by atoms with E-state index in [1.54, 1.807) is 0 Å². The van der Waals surface area contributed by atoms with Crippen LogP contribution in [0.3, 0.4) is 0 Å². The Kier molecular flexibility index (Phi) is 4.77. The molecule has 2 amide bonds. The molecule has 116 valence electrons. The molecule has 0 spiro atoms. The summed E-state index contributed by atoms with van der Waals surface area (Å²) in [6.07, 6.45) is 2.98. The number of anilines is 1. The Morgan fingerprint density at radius 2 is 1.91 bits per heavy atom. The molecule has 0 atom stereocenters. The minimum absolute atomic E-state index is 0.0123. The molecular formula is C13H17N7O2. The highest BCUT2D eigenvalue weighted by atomic mass is 16.2. The first kappa shape index (κ1) is 15.5. The number of nitrogens with one attached hydrogen (secondary N) is 2. The average molecular weight is 303 g/mol. The van der Waals surface area contributed by atoms with Crippen molar-refractivity contribution in [3.8, 4) is 0 Å². The van der Waals surface area contributed by atoms with Crippen LogP contribution >= 0.6 is 0 Å². The van der Waals surface area contributed by atoms with Gasteiger partial charge in [-0.25, -0.2) is 14.6 Å². The fourth-order valence-corrected chi connectivity index (χ4v) is 1.88. The zero-order chi connectivity index (χ0) is 16.1. The van der Waals surface area contributed by atoms with Crippen LogP contribution in [-0.4, -0.2) is 36.8 Å². The maximum atomic E-state index is 11.9. The Labute approximate surface area is 127 Å². The summed E-state index contributed by atoms with van der Waals surface area (Å²) in [6.45, 7) is 5.47. The summed E-state index contributed by atoms with van der Waals surface area (Å²) >= 11 is 0. The summed E-state index contributed by atoms with van der Waals surface area (Å²) < 4.78 is 1.35. The van der Waals surface area contributed by atoms with Crippen molar-refractivity contribution in [2.24, 2.45) is 0 Å². The van der Waals surface area contributed by atoms with Crippen molar-refractivity contribution in [2.45, 2.75) is 33.9 Å². The molecule has 9 nitrogen and oxygen atoms in total. The molecule has 0 aromatic carbocycles. The van der Waals surface area contributed by atoms with Gasteiger partial charge in [0.25, 0.3) is 0 Å². The van der Waals surface area contributed by atoms with E-state index in [0.29, 0.717) is 12.4 Å². The van der Waals surface area contributed by atoms with Crippen molar-refractivity contribution in [3.05, 3.63) is 29.5 Å². The molecule has 0 bridgehead atoms. The third kappa shape index (κ3) is 4.08. The van der Waals surface area contributed by atoms with Crippen molar-refractivity contribution in [3.63, 3.8) is 0 Å². The van der Waals surface area contributed by atoms with Crippen molar-refractivity contribution in [2.75, 3.05) is 5.32 Å². The molecule has 22 heavy (non-hydrogen) atoms. The molecule has 2 aromatic heterocycles. The van der Waals surface area contributed by atoms with Crippen LogP contribution in [0, 0.1) is 13.8 Å². The lowest BCUT2D eigenvalue weighted by Crippen LogP contribution is -2.28. The minimum Gasteiger partial charge on any atom is -0.350 e. The van der Waals surface area contributed by atoms with Gasteiger partial charge in [-0.2, -0.15) is 0 Å². The van der Waals surface area contributed by atoms with Crippen LogP contribution < -0.4 is 10.6 Å². The Bertz CT molecular complexity index is 675. The van der Waals surface area contributed by atoms with Crippen molar-refractivity contribution in [1.82, 2.24) is 30.3 Å². The first-order valence-corrected chi connectivity index (χ1v) is 6.67. The SMILES string of the molecule is CC(=O)Nc1cn(CC(=O)NCc2c(C)ncnc2C)nn1. The largest absolute Gasteiger partial charge is 0.350 e. The number of aryl methyl sites for hydroxylation is 2. The summed E-state index contributed by atoms with van der Waals surface area (Å²) in [4.78, 5) is 31.0. The molecule has 0 saturated carbocycles. The number of hydrogen-bond donors (Lipinski definition) is 2. The molecule has 2 N–H and O–H groups in total. The molecule has 0 unspecified atom stereocenters. The molecule has 0 aliphatic heterocycles. The van der Waals surface area contributed by atoms with Crippen molar-refractivity contribution < 1.29 is 9.59 Å². The molecule has 2 aromatic rings. The maximum Gasteiger partial charge on any atom is 0.242 e. The Hall–Kier alpha value is -2.84. The second-order valence-electron chi connectivity index (χ2n) is 4.78. The van der Waals surface area contributed by atoms with E-state index in [1.807, 2.05) is 13.8 Å². The number of rotatable bonds is 5. The number of carbonyl (C=O) groups excluding carboxylic acids is 2. The Morgan fingerprint density at radius 1 is 1.23 bits per heavy atom. The second-order valence-corrected chi connectivity index (χ2v) is 4.78. The van der Waals surface area contributed by atoms with Gasteiger partial charge in [0.05, 0.1) is 6.20 Å². The van der Waals surface area contributed by atoms with E-state index in [9.17, 15) is 9.59 Å². The number of nitrogens with zero attached hydrogens (tertiary/aromatic N) is 5. The van der Waals surface area contributed by atoms with E-state index in [2.05, 4.69) is 30.9 Å². The lowest BCUT2D eigenvalue weighted by molar-refractivity contribution is -0.122. The van der Waals surface area contributed by atoms with E-state index in [0.717, 1.165) is 17.0 Å². The van der Waals surface area contributed by atoms with Gasteiger partial charge in [-0.1, -0.05) is 5.21 Å². The van der Waals surface area contributed by atoms with Gasteiger partial charge in [0, 0.05) is 30.4 Å². The molecule has 0 saturated heterocycles. The highest BCUT2D eigenvalue weighted by Gasteiger charge is 2.09. The molecule has 0 radical (unpaired) electrons. The molecule has 0 aliphatic rings. The summed E-state index contributed by atoms with van der Waals surface area (Å²) in [5, 5.41) is 12.8. The third-order valence-corrected chi connectivity index (χ3v) is 2.99. The van der Waals surface area contributed by atoms with E-state index in [4.69, 9.17) is 0 Å². The third-order valence-electron chi connectivity index (χ3n) is 2.99. The van der Waals surface area contributed by atoms with Gasteiger partial charge in [-0.05, 0) is 13.8 Å². The maximum absolute atomic E-state index is 11.9. The van der Waals surface area contributed by atoms with E-state index >= 15 is 0 Å². The van der Waals surface area contributed by atoms with Crippen LogP contribution in [0.4, 0.5) is 5.82 Å². The quantitative estimate of drug-likeness (QED) is 0.801. The van der Waals surface area contributed by atoms with Gasteiger partial charge in [0.1, 0.15) is 12.9 Å². The van der Waals surface area contributed by atoms with Crippen LogP contribution in [0.2, 0.25) is 0 Å². The van der Waals surface area contributed by atoms with Crippen LogP contribution in [0.25, 0.3) is 0 Å². The highest BCUT2D eigenvalue weighted by molar-refractivity contribution is 5.87. The van der Waals surface area contributed by atoms with Gasteiger partial charge in [0.15, 0.2) is 5.82 Å². The van der Waals surface area contributed by atoms with E-state index in [1.165, 1.54) is 24.1 Å². The van der Waals surface area contributed by atoms with Crippen LogP contribution in [-0.2, 0) is 22.7 Å². The van der Waals surface area contributed by atoms with Crippen LogP contribution in [0.1, 0.15) is 23.9 Å². The summed E-state index contributed by atoms with van der Waals surface area (Å²) in [6, 6.07) is 0. The fraction of sp³-hybridized carbons (Fsp3) is 0.385. The van der Waals surface area contributed by atoms with Gasteiger partial charge in [0.2, 0.25) is 11.8 Å². The summed E-state index contributed by atoms with van der Waals surface area (Å²) in [7, 11) is 0. The lowest BCUT2D eigenvalue weighted by atomic mass is 10.2. The fourth-order valence-electron chi connectivity index (χ4n) is 1.88.